The Balaban J connectivity index is 2.93. The van der Waals surface area contributed by atoms with Crippen molar-refractivity contribution in [3.8, 4) is 0 Å². The molecule has 1 aromatic heterocycles. The molecule has 0 atom stereocenters. The number of carbonyl (C=O) groups is 1. The molecule has 3 heteroatoms. The molecule has 0 fully saturated rings. The van der Waals surface area contributed by atoms with Gasteiger partial charge in [-0.25, -0.2) is 0 Å². The smallest absolute Gasteiger partial charge is 0.163 e. The van der Waals surface area contributed by atoms with Gasteiger partial charge in [-0.3, -0.25) is 4.79 Å². The van der Waals surface area contributed by atoms with Crippen molar-refractivity contribution in [2.75, 3.05) is 0 Å². The van der Waals surface area contributed by atoms with E-state index in [-0.39, 0.29) is 5.78 Å². The molecule has 78 valence electrons. The van der Waals surface area contributed by atoms with Crippen molar-refractivity contribution in [3.63, 3.8) is 0 Å². The van der Waals surface area contributed by atoms with E-state index in [1.807, 2.05) is 19.9 Å². The molecule has 1 N–H and O–H groups in total. The summed E-state index contributed by atoms with van der Waals surface area (Å²) in [5.41, 5.74) is 3.78. The number of fused-ring (bicyclic) bond motifs is 1. The second-order valence-corrected chi connectivity index (χ2v) is 4.25. The van der Waals surface area contributed by atoms with Gasteiger partial charge < -0.3 is 4.98 Å². The van der Waals surface area contributed by atoms with E-state index in [0.717, 1.165) is 22.0 Å². The summed E-state index contributed by atoms with van der Waals surface area (Å²) in [6.07, 6.45) is 0. The number of halogens is 1. The molecule has 2 aromatic rings. The lowest BCUT2D eigenvalue weighted by atomic mass is 10.0. The molecule has 1 aromatic carbocycles. The average molecular weight is 222 g/mol. The number of benzene rings is 1. The maximum absolute atomic E-state index is 11.5. The van der Waals surface area contributed by atoms with E-state index in [1.165, 1.54) is 6.92 Å². The van der Waals surface area contributed by atoms with Gasteiger partial charge in [-0.2, -0.15) is 0 Å². The first-order valence-electron chi connectivity index (χ1n) is 4.80. The first-order chi connectivity index (χ1) is 7.00. The lowest BCUT2D eigenvalue weighted by Crippen LogP contribution is -1.92. The van der Waals surface area contributed by atoms with Crippen molar-refractivity contribution in [2.45, 2.75) is 20.8 Å². The van der Waals surface area contributed by atoms with E-state index in [2.05, 4.69) is 11.1 Å². The van der Waals surface area contributed by atoms with Crippen LogP contribution in [0.1, 0.15) is 28.4 Å². The highest BCUT2D eigenvalue weighted by atomic mass is 35.5. The van der Waals surface area contributed by atoms with Gasteiger partial charge in [0, 0.05) is 10.9 Å². The molecule has 0 radical (unpaired) electrons. The van der Waals surface area contributed by atoms with Crippen molar-refractivity contribution in [1.29, 1.82) is 0 Å². The van der Waals surface area contributed by atoms with E-state index < -0.39 is 0 Å². The number of aromatic nitrogens is 1. The Labute approximate surface area is 93.2 Å². The fourth-order valence-corrected chi connectivity index (χ4v) is 2.35. The summed E-state index contributed by atoms with van der Waals surface area (Å²) in [5, 5.41) is 1.38. The number of aromatic amines is 1. The van der Waals surface area contributed by atoms with Gasteiger partial charge in [-0.05, 0) is 38.0 Å². The molecule has 0 saturated heterocycles. The quantitative estimate of drug-likeness (QED) is 0.733. The van der Waals surface area contributed by atoms with Gasteiger partial charge in [0.1, 0.15) is 5.15 Å². The Morgan fingerprint density at radius 3 is 2.60 bits per heavy atom. The molecule has 0 spiro atoms. The largest absolute Gasteiger partial charge is 0.345 e. The summed E-state index contributed by atoms with van der Waals surface area (Å²) in [6, 6.07) is 4.06. The number of nitrogens with one attached hydrogen (secondary N) is 1. The lowest BCUT2D eigenvalue weighted by molar-refractivity contribution is 0.101. The van der Waals surface area contributed by atoms with E-state index in [0.29, 0.717) is 10.7 Å². The maximum Gasteiger partial charge on any atom is 0.163 e. The van der Waals surface area contributed by atoms with E-state index in [1.54, 1.807) is 0 Å². The molecule has 15 heavy (non-hydrogen) atoms. The Morgan fingerprint density at radius 1 is 1.33 bits per heavy atom. The minimum atomic E-state index is -0.00166. The molecule has 0 aliphatic carbocycles. The van der Waals surface area contributed by atoms with E-state index in [9.17, 15) is 4.79 Å². The predicted octanol–water partition coefficient (Wildman–Crippen LogP) is 3.64. The highest BCUT2D eigenvalue weighted by molar-refractivity contribution is 6.35. The number of aryl methyl sites for hydroxylation is 2. The standard InChI is InChI=1S/C12H12ClNO/c1-6-4-7(2)10-9(5-6)14-12(13)11(10)8(3)15/h4-5,14H,1-3H3. The molecule has 2 rings (SSSR count). The van der Waals surface area contributed by atoms with Gasteiger partial charge in [0.25, 0.3) is 0 Å². The summed E-state index contributed by atoms with van der Waals surface area (Å²) in [4.78, 5) is 14.5. The van der Waals surface area contributed by atoms with Crippen molar-refractivity contribution < 1.29 is 4.79 Å². The number of hydrogen-bond donors (Lipinski definition) is 1. The van der Waals surface area contributed by atoms with Crippen LogP contribution in [-0.4, -0.2) is 10.8 Å². The van der Waals surface area contributed by atoms with Crippen LogP contribution >= 0.6 is 11.6 Å². The normalized spacial score (nSPS) is 10.9. The molecule has 2 nitrogen and oxygen atoms in total. The average Bonchev–Trinajstić information content (AvgIpc) is 2.40. The highest BCUT2D eigenvalue weighted by Gasteiger charge is 2.15. The number of ketones is 1. The molecule has 0 saturated carbocycles. The van der Waals surface area contributed by atoms with Gasteiger partial charge in [0.15, 0.2) is 5.78 Å². The maximum atomic E-state index is 11.5. The molecule has 0 aliphatic rings. The number of carbonyl (C=O) groups excluding carboxylic acids is 1. The van der Waals surface area contributed by atoms with Gasteiger partial charge in [-0.15, -0.1) is 0 Å². The van der Waals surface area contributed by atoms with Crippen LogP contribution < -0.4 is 0 Å². The summed E-state index contributed by atoms with van der Waals surface area (Å²) in [6.45, 7) is 5.55. The highest BCUT2D eigenvalue weighted by Crippen LogP contribution is 2.30. The van der Waals surface area contributed by atoms with E-state index in [4.69, 9.17) is 11.6 Å². The summed E-state index contributed by atoms with van der Waals surface area (Å²) >= 11 is 6.01. The van der Waals surface area contributed by atoms with Gasteiger partial charge in [0.05, 0.1) is 5.56 Å². The molecule has 1 heterocycles. The monoisotopic (exact) mass is 221 g/mol. The molecule has 0 aliphatic heterocycles. The molecular weight excluding hydrogens is 210 g/mol. The number of rotatable bonds is 1. The van der Waals surface area contributed by atoms with Crippen molar-refractivity contribution in [2.24, 2.45) is 0 Å². The fraction of sp³-hybridized carbons (Fsp3) is 0.250. The minimum Gasteiger partial charge on any atom is -0.345 e. The molecule has 0 amide bonds. The van der Waals surface area contributed by atoms with Gasteiger partial charge in [0.2, 0.25) is 0 Å². The first kappa shape index (κ1) is 10.2. The van der Waals surface area contributed by atoms with Gasteiger partial charge >= 0.3 is 0 Å². The van der Waals surface area contributed by atoms with Gasteiger partial charge in [-0.1, -0.05) is 17.7 Å². The minimum absolute atomic E-state index is 0.00166. The van der Waals surface area contributed by atoms with Crippen LogP contribution in [0.2, 0.25) is 5.15 Å². The third kappa shape index (κ3) is 1.55. The topological polar surface area (TPSA) is 32.9 Å². The number of H-pyrrole nitrogens is 1. The van der Waals surface area contributed by atoms with Crippen molar-refractivity contribution >= 4 is 28.3 Å². The number of Topliss-reactive ketones (excluding diaryl/α,β-unsaturated/α-hetero) is 1. The Kier molecular flexibility index (Phi) is 2.31. The summed E-state index contributed by atoms with van der Waals surface area (Å²) < 4.78 is 0. The zero-order valence-corrected chi connectivity index (χ0v) is 9.70. The molecule has 0 bridgehead atoms. The number of hydrogen-bond acceptors (Lipinski definition) is 1. The predicted molar refractivity (Wildman–Crippen MR) is 62.8 cm³/mol. The third-order valence-electron chi connectivity index (χ3n) is 2.55. The van der Waals surface area contributed by atoms with Crippen molar-refractivity contribution in [1.82, 2.24) is 4.98 Å². The molecule has 0 unspecified atom stereocenters. The zero-order chi connectivity index (χ0) is 11.2. The third-order valence-corrected chi connectivity index (χ3v) is 2.83. The Morgan fingerprint density at radius 2 is 2.00 bits per heavy atom. The SMILES string of the molecule is CC(=O)c1c(Cl)[nH]c2cc(C)cc(C)c12. The van der Waals surface area contributed by atoms with Crippen LogP contribution in [0.5, 0.6) is 0 Å². The lowest BCUT2D eigenvalue weighted by Gasteiger charge is -2.00. The van der Waals surface area contributed by atoms with Crippen molar-refractivity contribution in [3.05, 3.63) is 34.0 Å². The van der Waals surface area contributed by atoms with Crippen LogP contribution in [0.3, 0.4) is 0 Å². The second-order valence-electron chi connectivity index (χ2n) is 3.87. The first-order valence-corrected chi connectivity index (χ1v) is 5.18. The van der Waals surface area contributed by atoms with Crippen LogP contribution in [-0.2, 0) is 0 Å². The van der Waals surface area contributed by atoms with Crippen LogP contribution in [0.25, 0.3) is 10.9 Å². The molecular formula is C12H12ClNO. The van der Waals surface area contributed by atoms with E-state index >= 15 is 0 Å². The van der Waals surface area contributed by atoms with Crippen LogP contribution in [0.4, 0.5) is 0 Å². The summed E-state index contributed by atoms with van der Waals surface area (Å²) in [7, 11) is 0. The van der Waals surface area contributed by atoms with Crippen LogP contribution in [0.15, 0.2) is 12.1 Å². The Hall–Kier alpha value is -1.28. The summed E-state index contributed by atoms with van der Waals surface area (Å²) in [5.74, 6) is -0.00166. The fourth-order valence-electron chi connectivity index (χ4n) is 2.02. The zero-order valence-electron chi connectivity index (χ0n) is 8.94. The Bertz CT molecular complexity index is 554. The van der Waals surface area contributed by atoms with Crippen LogP contribution in [0, 0.1) is 13.8 Å². The second kappa shape index (κ2) is 3.38.